The van der Waals surface area contributed by atoms with Crippen LogP contribution in [-0.4, -0.2) is 32.9 Å². The first kappa shape index (κ1) is 10.8. The van der Waals surface area contributed by atoms with E-state index in [9.17, 15) is 4.79 Å². The topological polar surface area (TPSA) is 32.7 Å². The van der Waals surface area contributed by atoms with Crippen molar-refractivity contribution in [3.8, 4) is 0 Å². The summed E-state index contributed by atoms with van der Waals surface area (Å²) < 4.78 is 0. The third kappa shape index (κ3) is 1.74. The first-order chi connectivity index (χ1) is 7.15. The Bertz CT molecular complexity index is 376. The van der Waals surface area contributed by atoms with Crippen LogP contribution in [0.2, 0.25) is 0 Å². The summed E-state index contributed by atoms with van der Waals surface area (Å²) in [5, 5.41) is 2.16. The number of carbonyl (C=O) groups is 1. The third-order valence-electron chi connectivity index (χ3n) is 2.65. The molecule has 0 fully saturated rings. The summed E-state index contributed by atoms with van der Waals surface area (Å²) in [6.45, 7) is 4.04. The van der Waals surface area contributed by atoms with Gasteiger partial charge in [0.15, 0.2) is 0 Å². The third-order valence-corrected chi connectivity index (χ3v) is 3.94. The van der Waals surface area contributed by atoms with E-state index >= 15 is 0 Å². The van der Waals surface area contributed by atoms with E-state index in [1.807, 2.05) is 25.3 Å². The lowest BCUT2D eigenvalue weighted by Gasteiger charge is -2.32. The molecular weight excluding hydrogens is 228 g/mol. The van der Waals surface area contributed by atoms with Crippen LogP contribution in [0.4, 0.5) is 0 Å². The van der Waals surface area contributed by atoms with Crippen LogP contribution < -0.4 is 0 Å². The van der Waals surface area contributed by atoms with Crippen molar-refractivity contribution in [3.05, 3.63) is 11.5 Å². The molecule has 5 heteroatoms. The van der Waals surface area contributed by atoms with E-state index in [0.717, 1.165) is 12.1 Å². The van der Waals surface area contributed by atoms with Crippen LogP contribution in [0, 0.1) is 0 Å². The quantitative estimate of drug-likeness (QED) is 0.692. The van der Waals surface area contributed by atoms with Crippen molar-refractivity contribution in [1.82, 2.24) is 4.90 Å². The number of nitrogens with zero attached hydrogens (tertiary/aromatic N) is 2. The zero-order valence-corrected chi connectivity index (χ0v) is 10.3. The standard InChI is InChI=1S/C10H12N2OS2/c1-3-6(2)12-9(13)8-7(4-5-15-8)11-10(12)14/h4-6,8H,3H2,1-2H3. The molecule has 0 radical (unpaired) electrons. The van der Waals surface area contributed by atoms with Crippen molar-refractivity contribution in [3.63, 3.8) is 0 Å². The maximum atomic E-state index is 12.1. The number of allylic oxidation sites excluding steroid dienone is 1. The van der Waals surface area contributed by atoms with E-state index in [-0.39, 0.29) is 17.2 Å². The Morgan fingerprint density at radius 2 is 2.47 bits per heavy atom. The molecule has 2 heterocycles. The normalized spacial score (nSPS) is 26.7. The lowest BCUT2D eigenvalue weighted by Crippen LogP contribution is -2.50. The first-order valence-electron chi connectivity index (χ1n) is 4.92. The zero-order valence-electron chi connectivity index (χ0n) is 8.64. The molecule has 0 aromatic heterocycles. The monoisotopic (exact) mass is 240 g/mol. The fourth-order valence-corrected chi connectivity index (χ4v) is 2.85. The molecule has 2 aliphatic heterocycles. The number of amides is 1. The highest BCUT2D eigenvalue weighted by atomic mass is 32.2. The van der Waals surface area contributed by atoms with Gasteiger partial charge in [-0.3, -0.25) is 9.69 Å². The van der Waals surface area contributed by atoms with Gasteiger partial charge in [-0.25, -0.2) is 4.99 Å². The molecule has 1 amide bonds. The van der Waals surface area contributed by atoms with Crippen LogP contribution in [0.3, 0.4) is 0 Å². The number of thiocarbonyl (C=S) groups is 1. The maximum absolute atomic E-state index is 12.1. The first-order valence-corrected chi connectivity index (χ1v) is 6.28. The smallest absolute Gasteiger partial charge is 0.248 e. The van der Waals surface area contributed by atoms with Crippen LogP contribution in [0.25, 0.3) is 0 Å². The Hall–Kier alpha value is -0.680. The van der Waals surface area contributed by atoms with E-state index in [1.54, 1.807) is 4.90 Å². The number of carbonyl (C=O) groups excluding carboxylic acids is 1. The van der Waals surface area contributed by atoms with Crippen molar-refractivity contribution in [2.75, 3.05) is 0 Å². The average Bonchev–Trinajstić information content (AvgIpc) is 2.65. The number of fused-ring (bicyclic) bond motifs is 1. The van der Waals surface area contributed by atoms with Gasteiger partial charge in [-0.05, 0) is 37.0 Å². The number of hydrogen-bond acceptors (Lipinski definition) is 3. The molecule has 0 bridgehead atoms. The molecule has 0 saturated heterocycles. The summed E-state index contributed by atoms with van der Waals surface area (Å²) in [4.78, 5) is 18.0. The van der Waals surface area contributed by atoms with Gasteiger partial charge in [0.1, 0.15) is 5.25 Å². The van der Waals surface area contributed by atoms with Gasteiger partial charge >= 0.3 is 0 Å². The Morgan fingerprint density at radius 3 is 3.13 bits per heavy atom. The molecule has 3 nitrogen and oxygen atoms in total. The molecule has 2 rings (SSSR count). The summed E-state index contributed by atoms with van der Waals surface area (Å²) in [5.41, 5.74) is 0.801. The lowest BCUT2D eigenvalue weighted by molar-refractivity contribution is -0.127. The molecule has 0 saturated carbocycles. The van der Waals surface area contributed by atoms with Gasteiger partial charge in [-0.2, -0.15) is 0 Å². The Kier molecular flexibility index (Phi) is 2.93. The van der Waals surface area contributed by atoms with E-state index in [4.69, 9.17) is 12.2 Å². The summed E-state index contributed by atoms with van der Waals surface area (Å²) in [5.74, 6) is 0.0781. The highest BCUT2D eigenvalue weighted by Crippen LogP contribution is 2.29. The predicted octanol–water partition coefficient (Wildman–Crippen LogP) is 1.98. The number of thioether (sulfide) groups is 1. The van der Waals surface area contributed by atoms with Crippen molar-refractivity contribution in [2.24, 2.45) is 4.99 Å². The molecule has 0 aliphatic carbocycles. The van der Waals surface area contributed by atoms with Gasteiger partial charge in [-0.1, -0.05) is 6.92 Å². The predicted molar refractivity (Wildman–Crippen MR) is 67.2 cm³/mol. The largest absolute Gasteiger partial charge is 0.283 e. The Morgan fingerprint density at radius 1 is 1.73 bits per heavy atom. The van der Waals surface area contributed by atoms with Crippen LogP contribution in [0.5, 0.6) is 0 Å². The number of hydrogen-bond donors (Lipinski definition) is 0. The summed E-state index contributed by atoms with van der Waals surface area (Å²) in [6, 6.07) is 0.136. The lowest BCUT2D eigenvalue weighted by atomic mass is 10.1. The summed E-state index contributed by atoms with van der Waals surface area (Å²) in [6.07, 6.45) is 2.76. The second-order valence-electron chi connectivity index (χ2n) is 3.60. The molecule has 2 unspecified atom stereocenters. The van der Waals surface area contributed by atoms with Crippen molar-refractivity contribution >= 4 is 40.7 Å². The molecule has 0 spiro atoms. The molecule has 0 N–H and O–H groups in total. The highest BCUT2D eigenvalue weighted by Gasteiger charge is 2.38. The second-order valence-corrected chi connectivity index (χ2v) is 4.98. The highest BCUT2D eigenvalue weighted by molar-refractivity contribution is 8.04. The van der Waals surface area contributed by atoms with Crippen LogP contribution in [-0.2, 0) is 4.79 Å². The van der Waals surface area contributed by atoms with Crippen LogP contribution in [0.1, 0.15) is 20.3 Å². The van der Waals surface area contributed by atoms with Crippen LogP contribution >= 0.6 is 24.0 Å². The minimum Gasteiger partial charge on any atom is -0.283 e. The molecule has 15 heavy (non-hydrogen) atoms. The van der Waals surface area contributed by atoms with Crippen LogP contribution in [0.15, 0.2) is 16.5 Å². The van der Waals surface area contributed by atoms with Gasteiger partial charge < -0.3 is 0 Å². The number of rotatable bonds is 2. The molecule has 80 valence electrons. The van der Waals surface area contributed by atoms with E-state index in [0.29, 0.717) is 5.11 Å². The Balaban J connectivity index is 2.31. The zero-order chi connectivity index (χ0) is 11.0. The van der Waals surface area contributed by atoms with Gasteiger partial charge in [0, 0.05) is 6.04 Å². The molecular formula is C10H12N2OS2. The second kappa shape index (κ2) is 4.06. The molecule has 0 aromatic rings. The maximum Gasteiger partial charge on any atom is 0.248 e. The van der Waals surface area contributed by atoms with Crippen molar-refractivity contribution < 1.29 is 4.79 Å². The molecule has 0 aromatic carbocycles. The fraction of sp³-hybridized carbons (Fsp3) is 0.500. The van der Waals surface area contributed by atoms with Gasteiger partial charge in [0.2, 0.25) is 11.0 Å². The SMILES string of the molecule is CCC(C)N1C(=O)C2SC=CC2=NC1=S. The summed E-state index contributed by atoms with van der Waals surface area (Å²) >= 11 is 6.65. The number of aliphatic imine (C=N–C) groups is 1. The van der Waals surface area contributed by atoms with E-state index in [1.165, 1.54) is 11.8 Å². The Labute approximate surface area is 98.6 Å². The van der Waals surface area contributed by atoms with Gasteiger partial charge in [-0.15, -0.1) is 11.8 Å². The molecule has 2 aliphatic rings. The minimum atomic E-state index is -0.161. The van der Waals surface area contributed by atoms with Gasteiger partial charge in [0.05, 0.1) is 5.71 Å². The van der Waals surface area contributed by atoms with E-state index in [2.05, 4.69) is 4.99 Å². The van der Waals surface area contributed by atoms with E-state index < -0.39 is 0 Å². The molecule has 2 atom stereocenters. The summed E-state index contributed by atoms with van der Waals surface area (Å²) in [7, 11) is 0. The fourth-order valence-electron chi connectivity index (χ4n) is 1.60. The van der Waals surface area contributed by atoms with Crippen molar-refractivity contribution in [2.45, 2.75) is 31.6 Å². The van der Waals surface area contributed by atoms with Gasteiger partial charge in [0.25, 0.3) is 0 Å². The average molecular weight is 240 g/mol. The van der Waals surface area contributed by atoms with Crippen molar-refractivity contribution in [1.29, 1.82) is 0 Å². The minimum absolute atomic E-state index is 0.0781.